The van der Waals surface area contributed by atoms with Crippen LogP contribution >= 0.6 is 11.7 Å². The molecule has 0 aliphatic heterocycles. The van der Waals surface area contributed by atoms with Gasteiger partial charge in [-0.2, -0.15) is 8.75 Å². The van der Waals surface area contributed by atoms with E-state index in [1.807, 2.05) is 0 Å². The fourth-order valence-corrected chi connectivity index (χ4v) is 1.05. The molecule has 2 aromatic heterocycles. The minimum Gasteiger partial charge on any atom is -0.343 e. The summed E-state index contributed by atoms with van der Waals surface area (Å²) in [4.78, 5) is 6.76. The summed E-state index contributed by atoms with van der Waals surface area (Å²) in [6, 6.07) is 0. The minimum absolute atomic E-state index is 0.716. The molecule has 0 atom stereocenters. The molecule has 0 aliphatic rings. The first-order valence-corrected chi connectivity index (χ1v) is 3.39. The summed E-state index contributed by atoms with van der Waals surface area (Å²) in [6.45, 7) is 0. The van der Waals surface area contributed by atoms with Crippen molar-refractivity contribution >= 4 is 11.7 Å². The zero-order valence-electron chi connectivity index (χ0n) is 4.90. The van der Waals surface area contributed by atoms with Gasteiger partial charge in [0, 0.05) is 6.20 Å². The van der Waals surface area contributed by atoms with E-state index in [9.17, 15) is 0 Å². The van der Waals surface area contributed by atoms with E-state index >= 15 is 0 Å². The quantitative estimate of drug-likeness (QED) is 0.653. The van der Waals surface area contributed by atoms with Crippen molar-refractivity contribution in [3.63, 3.8) is 0 Å². The number of imidazole rings is 1. The molecule has 1 radical (unpaired) electrons. The number of H-pyrrole nitrogens is 1. The normalized spacial score (nSPS) is 10.0. The lowest BCUT2D eigenvalue weighted by Crippen LogP contribution is -1.76. The van der Waals surface area contributed by atoms with Crippen LogP contribution in [0.1, 0.15) is 0 Å². The highest BCUT2D eigenvalue weighted by Gasteiger charge is 2.00. The second kappa shape index (κ2) is 2.18. The highest BCUT2D eigenvalue weighted by atomic mass is 32.1. The summed E-state index contributed by atoms with van der Waals surface area (Å²) >= 11 is 1.16. The van der Waals surface area contributed by atoms with E-state index in [2.05, 4.69) is 24.9 Å². The van der Waals surface area contributed by atoms with Gasteiger partial charge in [0.05, 0.1) is 17.9 Å². The van der Waals surface area contributed by atoms with Crippen LogP contribution in [0.3, 0.4) is 0 Å². The van der Waals surface area contributed by atoms with Crippen LogP contribution in [-0.2, 0) is 0 Å². The summed E-state index contributed by atoms with van der Waals surface area (Å²) in [6.07, 6.45) is 5.95. The molecule has 0 amide bonds. The van der Waals surface area contributed by atoms with Gasteiger partial charge in [0.25, 0.3) is 0 Å². The third-order valence-corrected chi connectivity index (χ3v) is 1.53. The Morgan fingerprint density at radius 2 is 2.60 bits per heavy atom. The van der Waals surface area contributed by atoms with Gasteiger partial charge in [-0.3, -0.25) is 0 Å². The van der Waals surface area contributed by atoms with Crippen LogP contribution in [0, 0.1) is 6.20 Å². The Bertz CT molecular complexity index is 253. The molecule has 0 saturated heterocycles. The van der Waals surface area contributed by atoms with Gasteiger partial charge < -0.3 is 4.98 Å². The van der Waals surface area contributed by atoms with Crippen molar-refractivity contribution in [3.05, 3.63) is 18.6 Å². The average Bonchev–Trinajstić information content (AvgIpc) is 2.59. The lowest BCUT2D eigenvalue weighted by atomic mass is 10.5. The van der Waals surface area contributed by atoms with E-state index < -0.39 is 0 Å². The fourth-order valence-electron chi connectivity index (χ4n) is 0.630. The van der Waals surface area contributed by atoms with Gasteiger partial charge in [-0.1, -0.05) is 0 Å². The number of nitrogens with one attached hydrogen (secondary N) is 1. The number of rotatable bonds is 1. The second-order valence-corrected chi connectivity index (χ2v) is 2.23. The Kier molecular flexibility index (Phi) is 1.21. The molecule has 0 spiro atoms. The zero-order chi connectivity index (χ0) is 6.81. The fraction of sp³-hybridized carbons (Fsp3) is 0. The van der Waals surface area contributed by atoms with Crippen LogP contribution in [0.4, 0.5) is 0 Å². The topological polar surface area (TPSA) is 54.5 Å². The maximum absolute atomic E-state index is 3.98. The Balaban J connectivity index is 2.48. The third kappa shape index (κ3) is 0.801. The van der Waals surface area contributed by atoms with Gasteiger partial charge >= 0.3 is 0 Å². The largest absolute Gasteiger partial charge is 0.343 e. The van der Waals surface area contributed by atoms with E-state index in [-0.39, 0.29) is 0 Å². The summed E-state index contributed by atoms with van der Waals surface area (Å²) in [5.41, 5.74) is 0.770. The lowest BCUT2D eigenvalue weighted by molar-refractivity contribution is 1.27. The Morgan fingerprint density at radius 3 is 3.20 bits per heavy atom. The first-order chi connectivity index (χ1) is 4.97. The van der Waals surface area contributed by atoms with E-state index in [0.29, 0.717) is 5.82 Å². The van der Waals surface area contributed by atoms with E-state index in [1.54, 1.807) is 12.4 Å². The molecule has 5 heteroatoms. The molecule has 0 fully saturated rings. The van der Waals surface area contributed by atoms with Crippen molar-refractivity contribution in [1.82, 2.24) is 18.7 Å². The number of aromatic amines is 1. The van der Waals surface area contributed by atoms with Crippen LogP contribution in [0.5, 0.6) is 0 Å². The molecule has 0 bridgehead atoms. The summed E-state index contributed by atoms with van der Waals surface area (Å²) in [5.74, 6) is 0.716. The molecule has 0 saturated carbocycles. The van der Waals surface area contributed by atoms with Gasteiger partial charge in [-0.15, -0.1) is 0 Å². The molecule has 49 valence electrons. The molecule has 10 heavy (non-hydrogen) atoms. The smallest absolute Gasteiger partial charge is 0.159 e. The van der Waals surface area contributed by atoms with E-state index in [1.165, 1.54) is 0 Å². The van der Waals surface area contributed by atoms with Gasteiger partial charge in [-0.25, -0.2) is 4.98 Å². The molecule has 2 aromatic rings. The monoisotopic (exact) mass is 151 g/mol. The highest BCUT2D eigenvalue weighted by Crippen LogP contribution is 2.09. The Morgan fingerprint density at radius 1 is 1.60 bits per heavy atom. The molecular formula is C5H3N4S. The molecule has 1 N–H and O–H groups in total. The van der Waals surface area contributed by atoms with Crippen LogP contribution in [0.2, 0.25) is 0 Å². The SMILES string of the molecule is [c]1c[nH]c(-c2cnsn2)n1. The van der Waals surface area contributed by atoms with Crippen molar-refractivity contribution < 1.29 is 0 Å². The molecular weight excluding hydrogens is 148 g/mol. The summed E-state index contributed by atoms with van der Waals surface area (Å²) in [5, 5.41) is 0. The van der Waals surface area contributed by atoms with Crippen molar-refractivity contribution in [2.75, 3.05) is 0 Å². The maximum Gasteiger partial charge on any atom is 0.159 e. The molecule has 2 rings (SSSR count). The third-order valence-electron chi connectivity index (χ3n) is 1.05. The standard InChI is InChI=1S/C5H3N4S/c1-2-7-5(6-1)4-3-8-10-9-4/h1,3H,(H,6,7). The summed E-state index contributed by atoms with van der Waals surface area (Å²) < 4.78 is 7.81. The lowest BCUT2D eigenvalue weighted by Gasteiger charge is -1.82. The molecule has 0 aromatic carbocycles. The van der Waals surface area contributed by atoms with Gasteiger partial charge in [0.1, 0.15) is 11.9 Å². The van der Waals surface area contributed by atoms with Gasteiger partial charge in [0.2, 0.25) is 0 Å². The second-order valence-electron chi connectivity index (χ2n) is 1.67. The minimum atomic E-state index is 0.716. The van der Waals surface area contributed by atoms with E-state index in [4.69, 9.17) is 0 Å². The molecule has 2 heterocycles. The first-order valence-electron chi connectivity index (χ1n) is 2.66. The van der Waals surface area contributed by atoms with Gasteiger partial charge in [0.15, 0.2) is 5.82 Å². The molecule has 0 aliphatic carbocycles. The van der Waals surface area contributed by atoms with Crippen LogP contribution < -0.4 is 0 Å². The van der Waals surface area contributed by atoms with Crippen molar-refractivity contribution in [3.8, 4) is 11.5 Å². The molecule has 4 nitrogen and oxygen atoms in total. The van der Waals surface area contributed by atoms with Crippen molar-refractivity contribution in [2.45, 2.75) is 0 Å². The number of aromatic nitrogens is 4. The van der Waals surface area contributed by atoms with Crippen LogP contribution in [-0.4, -0.2) is 18.7 Å². The first kappa shape index (κ1) is 5.55. The maximum atomic E-state index is 3.98. The van der Waals surface area contributed by atoms with Gasteiger partial charge in [-0.05, 0) is 0 Å². The average molecular weight is 151 g/mol. The zero-order valence-corrected chi connectivity index (χ0v) is 5.72. The van der Waals surface area contributed by atoms with Crippen molar-refractivity contribution in [2.24, 2.45) is 0 Å². The Hall–Kier alpha value is -1.23. The number of hydrogen-bond donors (Lipinski definition) is 1. The number of hydrogen-bond acceptors (Lipinski definition) is 4. The highest BCUT2D eigenvalue weighted by molar-refractivity contribution is 6.99. The number of nitrogens with zero attached hydrogens (tertiary/aromatic N) is 3. The summed E-state index contributed by atoms with van der Waals surface area (Å²) in [7, 11) is 0. The predicted octanol–water partition coefficient (Wildman–Crippen LogP) is 0.728. The Labute approximate surface area is 61.3 Å². The molecule has 0 unspecified atom stereocenters. The predicted molar refractivity (Wildman–Crippen MR) is 36.3 cm³/mol. The van der Waals surface area contributed by atoms with Crippen LogP contribution in [0.15, 0.2) is 12.4 Å². The van der Waals surface area contributed by atoms with Crippen molar-refractivity contribution in [1.29, 1.82) is 0 Å². The van der Waals surface area contributed by atoms with Crippen LogP contribution in [0.25, 0.3) is 11.5 Å². The van der Waals surface area contributed by atoms with E-state index in [0.717, 1.165) is 17.4 Å².